The Morgan fingerprint density at radius 1 is 0.946 bits per heavy atom. The highest BCUT2D eigenvalue weighted by atomic mass is 32.2. The Hall–Kier alpha value is -4.13. The molecular weight excluding hydrogens is 498 g/mol. The highest BCUT2D eigenvalue weighted by molar-refractivity contribution is 7.93. The number of nitrogens with zero attached hydrogens (tertiary/aromatic N) is 6. The SMILES string of the molecule is COc1cccc(-c2nnc(NS(=O)(=O)[C@@H](C)[C@@H](C)n3cc(C)cn3)n2-c2c(OC)cccc2OC)n1. The molecule has 37 heavy (non-hydrogen) atoms. The molecule has 0 fully saturated rings. The van der Waals surface area contributed by atoms with E-state index in [0.717, 1.165) is 5.56 Å². The number of benzene rings is 1. The summed E-state index contributed by atoms with van der Waals surface area (Å²) in [4.78, 5) is 4.46. The lowest BCUT2D eigenvalue weighted by molar-refractivity contribution is 0.391. The zero-order valence-electron chi connectivity index (χ0n) is 21.4. The Balaban J connectivity index is 1.85. The quantitative estimate of drug-likeness (QED) is 0.330. The number of ether oxygens (including phenoxy) is 3. The van der Waals surface area contributed by atoms with Crippen LogP contribution < -0.4 is 18.9 Å². The molecular formula is C24H29N7O5S. The maximum absolute atomic E-state index is 13.5. The molecule has 0 amide bonds. The van der Waals surface area contributed by atoms with Gasteiger partial charge in [-0.05, 0) is 44.5 Å². The van der Waals surface area contributed by atoms with Crippen molar-refractivity contribution in [2.75, 3.05) is 26.1 Å². The lowest BCUT2D eigenvalue weighted by atomic mass is 10.2. The van der Waals surface area contributed by atoms with Gasteiger partial charge in [-0.3, -0.25) is 14.0 Å². The molecule has 12 nitrogen and oxygen atoms in total. The summed E-state index contributed by atoms with van der Waals surface area (Å²) in [5, 5.41) is 11.9. The molecule has 4 rings (SSSR count). The van der Waals surface area contributed by atoms with Crippen LogP contribution in [0.15, 0.2) is 48.8 Å². The minimum absolute atomic E-state index is 0.0573. The van der Waals surface area contributed by atoms with E-state index in [1.54, 1.807) is 67.3 Å². The molecule has 3 aromatic heterocycles. The maximum Gasteiger partial charge on any atom is 0.243 e. The predicted octanol–water partition coefficient (Wildman–Crippen LogP) is 3.25. The predicted molar refractivity (Wildman–Crippen MR) is 138 cm³/mol. The summed E-state index contributed by atoms with van der Waals surface area (Å²) in [5.41, 5.74) is 1.74. The fourth-order valence-corrected chi connectivity index (χ4v) is 5.00. The van der Waals surface area contributed by atoms with Crippen molar-refractivity contribution in [2.45, 2.75) is 32.1 Å². The Labute approximate surface area is 215 Å². The molecule has 4 aromatic rings. The number of nitrogens with one attached hydrogen (secondary N) is 1. The first-order valence-corrected chi connectivity index (χ1v) is 12.9. The molecule has 3 heterocycles. The van der Waals surface area contributed by atoms with Crippen molar-refractivity contribution in [2.24, 2.45) is 0 Å². The van der Waals surface area contributed by atoms with Gasteiger partial charge in [0.1, 0.15) is 22.9 Å². The van der Waals surface area contributed by atoms with Crippen LogP contribution in [-0.4, -0.2) is 64.5 Å². The van der Waals surface area contributed by atoms with Crippen LogP contribution in [0.4, 0.5) is 5.95 Å². The van der Waals surface area contributed by atoms with E-state index >= 15 is 0 Å². The van der Waals surface area contributed by atoms with Gasteiger partial charge < -0.3 is 14.2 Å². The van der Waals surface area contributed by atoms with Crippen LogP contribution in [0, 0.1) is 6.92 Å². The number of sulfonamides is 1. The molecule has 0 aliphatic rings. The number of pyridine rings is 1. The molecule has 13 heteroatoms. The van der Waals surface area contributed by atoms with E-state index < -0.39 is 21.3 Å². The van der Waals surface area contributed by atoms with Crippen LogP contribution >= 0.6 is 0 Å². The van der Waals surface area contributed by atoms with Crippen molar-refractivity contribution in [3.8, 4) is 34.6 Å². The van der Waals surface area contributed by atoms with Crippen LogP contribution in [0.25, 0.3) is 17.2 Å². The summed E-state index contributed by atoms with van der Waals surface area (Å²) in [6, 6.07) is 9.91. The zero-order chi connectivity index (χ0) is 26.7. The molecule has 0 aliphatic heterocycles. The van der Waals surface area contributed by atoms with Gasteiger partial charge in [0, 0.05) is 12.3 Å². The van der Waals surface area contributed by atoms with Gasteiger partial charge >= 0.3 is 0 Å². The average Bonchev–Trinajstić information content (AvgIpc) is 3.52. The third-order valence-electron chi connectivity index (χ3n) is 6.00. The lowest BCUT2D eigenvalue weighted by Crippen LogP contribution is -2.33. The number of hydrogen-bond acceptors (Lipinski definition) is 9. The van der Waals surface area contributed by atoms with E-state index in [9.17, 15) is 8.42 Å². The second-order valence-electron chi connectivity index (χ2n) is 8.35. The summed E-state index contributed by atoms with van der Waals surface area (Å²) in [7, 11) is 0.551. The van der Waals surface area contributed by atoms with Crippen molar-refractivity contribution in [3.63, 3.8) is 0 Å². The van der Waals surface area contributed by atoms with Gasteiger partial charge in [-0.15, -0.1) is 10.2 Å². The fraction of sp³-hybridized carbons (Fsp3) is 0.333. The molecule has 0 saturated carbocycles. The number of methoxy groups -OCH3 is 3. The summed E-state index contributed by atoms with van der Waals surface area (Å²) in [5.74, 6) is 1.38. The molecule has 0 saturated heterocycles. The summed E-state index contributed by atoms with van der Waals surface area (Å²) in [6.07, 6.45) is 3.48. The van der Waals surface area contributed by atoms with Crippen LogP contribution in [0.3, 0.4) is 0 Å². The summed E-state index contributed by atoms with van der Waals surface area (Å²) in [6.45, 7) is 5.29. The molecule has 196 valence electrons. The normalized spacial score (nSPS) is 13.1. The van der Waals surface area contributed by atoms with Gasteiger partial charge in [-0.1, -0.05) is 12.1 Å². The Morgan fingerprint density at radius 2 is 1.62 bits per heavy atom. The van der Waals surface area contributed by atoms with Crippen LogP contribution in [0.2, 0.25) is 0 Å². The maximum atomic E-state index is 13.5. The number of anilines is 1. The third kappa shape index (κ3) is 5.07. The van der Waals surface area contributed by atoms with Crippen molar-refractivity contribution in [1.29, 1.82) is 0 Å². The van der Waals surface area contributed by atoms with Gasteiger partial charge in [-0.25, -0.2) is 13.4 Å². The fourth-order valence-electron chi connectivity index (χ4n) is 3.78. The van der Waals surface area contributed by atoms with Gasteiger partial charge in [-0.2, -0.15) is 5.10 Å². The molecule has 0 spiro atoms. The lowest BCUT2D eigenvalue weighted by Gasteiger charge is -2.22. The van der Waals surface area contributed by atoms with Gasteiger partial charge in [0.25, 0.3) is 0 Å². The van der Waals surface area contributed by atoms with E-state index in [0.29, 0.717) is 28.8 Å². The van der Waals surface area contributed by atoms with Crippen molar-refractivity contribution < 1.29 is 22.6 Å². The third-order valence-corrected chi connectivity index (χ3v) is 7.84. The van der Waals surface area contributed by atoms with Crippen LogP contribution in [0.1, 0.15) is 25.5 Å². The molecule has 0 bridgehead atoms. The van der Waals surface area contributed by atoms with E-state index in [4.69, 9.17) is 14.2 Å². The number of rotatable bonds is 10. The Bertz CT molecular complexity index is 1480. The van der Waals surface area contributed by atoms with E-state index in [1.807, 2.05) is 6.92 Å². The molecule has 0 unspecified atom stereocenters. The average molecular weight is 528 g/mol. The second-order valence-corrected chi connectivity index (χ2v) is 10.4. The Kier molecular flexibility index (Phi) is 7.34. The van der Waals surface area contributed by atoms with Crippen molar-refractivity contribution >= 4 is 16.0 Å². The van der Waals surface area contributed by atoms with Crippen molar-refractivity contribution in [1.82, 2.24) is 29.5 Å². The number of para-hydroxylation sites is 1. The van der Waals surface area contributed by atoms with Crippen LogP contribution in [0.5, 0.6) is 17.4 Å². The molecule has 0 radical (unpaired) electrons. The smallest absolute Gasteiger partial charge is 0.243 e. The monoisotopic (exact) mass is 527 g/mol. The van der Waals surface area contributed by atoms with Gasteiger partial charge in [0.05, 0.1) is 38.8 Å². The molecule has 2 atom stereocenters. The van der Waals surface area contributed by atoms with Crippen LogP contribution in [-0.2, 0) is 10.0 Å². The topological polar surface area (TPSA) is 135 Å². The molecule has 0 aliphatic carbocycles. The van der Waals surface area contributed by atoms with Gasteiger partial charge in [0.2, 0.25) is 21.9 Å². The highest BCUT2D eigenvalue weighted by Gasteiger charge is 2.32. The van der Waals surface area contributed by atoms with E-state index in [-0.39, 0.29) is 11.8 Å². The highest BCUT2D eigenvalue weighted by Crippen LogP contribution is 2.38. The molecule has 1 N–H and O–H groups in total. The largest absolute Gasteiger partial charge is 0.494 e. The minimum atomic E-state index is -3.96. The Morgan fingerprint density at radius 3 is 2.22 bits per heavy atom. The molecule has 1 aromatic carbocycles. The number of aromatic nitrogens is 6. The van der Waals surface area contributed by atoms with Crippen molar-refractivity contribution in [3.05, 3.63) is 54.4 Å². The summed E-state index contributed by atoms with van der Waals surface area (Å²) >= 11 is 0. The first-order chi connectivity index (χ1) is 17.7. The van der Waals surface area contributed by atoms with E-state index in [2.05, 4.69) is 25.0 Å². The first-order valence-electron chi connectivity index (χ1n) is 11.4. The number of hydrogen-bond donors (Lipinski definition) is 1. The first kappa shape index (κ1) is 25.9. The second kappa shape index (κ2) is 10.5. The van der Waals surface area contributed by atoms with E-state index in [1.165, 1.54) is 25.9 Å². The van der Waals surface area contributed by atoms with Gasteiger partial charge in [0.15, 0.2) is 5.82 Å². The summed E-state index contributed by atoms with van der Waals surface area (Å²) < 4.78 is 49.2. The number of aryl methyl sites for hydroxylation is 1. The zero-order valence-corrected chi connectivity index (χ0v) is 22.2. The standard InChI is InChI=1S/C24H29N7O5S/c1-15-13-25-30(14-15)16(2)17(3)37(32,33)29-24-28-27-23(18-9-7-12-21(26-18)36-6)31(24)22-19(34-4)10-8-11-20(22)35-5/h7-14,16-17H,1-6H3,(H,28,29)/t16-,17+/m1/s1. The minimum Gasteiger partial charge on any atom is -0.494 e.